The number of aromatic hydroxyl groups is 1. The number of aryl methyl sites for hydroxylation is 2. The molecule has 2 amide bonds. The highest BCUT2D eigenvalue weighted by atomic mass is 35.5. The Morgan fingerprint density at radius 1 is 0.890 bits per heavy atom. The van der Waals surface area contributed by atoms with Crippen LogP contribution in [-0.2, 0) is 9.53 Å². The fourth-order valence-corrected chi connectivity index (χ4v) is 11.3. The van der Waals surface area contributed by atoms with Gasteiger partial charge in [-0.25, -0.2) is 14.2 Å². The molecule has 1 unspecified atom stereocenters. The predicted molar refractivity (Wildman–Crippen MR) is 291 cm³/mol. The van der Waals surface area contributed by atoms with E-state index in [0.29, 0.717) is 72.8 Å². The summed E-state index contributed by atoms with van der Waals surface area (Å²) in [6, 6.07) is 19.5. The summed E-state index contributed by atoms with van der Waals surface area (Å²) in [6.07, 6.45) is 5.39. The van der Waals surface area contributed by atoms with Crippen LogP contribution in [-0.4, -0.2) is 104 Å². The summed E-state index contributed by atoms with van der Waals surface area (Å²) in [5, 5.41) is 26.6. The number of hydrogen-bond donors (Lipinski definition) is 2. The van der Waals surface area contributed by atoms with Crippen molar-refractivity contribution in [1.82, 2.24) is 34.9 Å². The van der Waals surface area contributed by atoms with E-state index >= 15 is 4.39 Å². The molecule has 7 aromatic rings. The first-order chi connectivity index (χ1) is 34.9. The lowest BCUT2D eigenvalue weighted by Gasteiger charge is -2.36. The van der Waals surface area contributed by atoms with Crippen molar-refractivity contribution < 1.29 is 23.8 Å². The number of nitrogens with one attached hydrogen (secondary N) is 1. The number of nitrogens with zero attached hydrogens (tertiary/aromatic N) is 9. The minimum atomic E-state index is -0.625. The molecule has 2 aliphatic rings. The van der Waals surface area contributed by atoms with E-state index < -0.39 is 17.5 Å². The number of aliphatic imine (C=N–C) groups is 1. The van der Waals surface area contributed by atoms with E-state index in [-0.39, 0.29) is 40.3 Å². The van der Waals surface area contributed by atoms with Gasteiger partial charge in [-0.15, -0.1) is 21.5 Å². The fraction of sp³-hybridized carbons (Fsp3) is 0.400. The Hall–Kier alpha value is -6.36. The van der Waals surface area contributed by atoms with Crippen molar-refractivity contribution in [3.63, 3.8) is 0 Å². The molecular weight excluding hydrogens is 987 g/mol. The number of ether oxygens (including phenoxy) is 1. The Morgan fingerprint density at radius 3 is 2.34 bits per heavy atom. The standard InChI is InChI=1S/C55H61Cl2FN10O4S/c1-32-33(2)73-52-45(32)48(35-18-20-37(56)21-19-35)60-43(51-64-63-34(3)68(51)52)31-44(70)59-22-14-10-8-9-11-15-23-65(7)53-61-49-41(50(62-53)66-24-26-67(27-25-66)54(71)72-55(4,5)6)30-42(57)46(47(49)58)40-29-38(69)28-36-16-12-13-17-39(36)40/h12-13,16-21,28-30,43,69H,8-11,14-15,22-27,31H2,1-7H3,(H,59,70). The number of aromatic nitrogens is 5. The molecule has 0 bridgehead atoms. The van der Waals surface area contributed by atoms with Crippen molar-refractivity contribution in [1.29, 1.82) is 0 Å². The highest BCUT2D eigenvalue weighted by Gasteiger charge is 2.33. The van der Waals surface area contributed by atoms with Crippen LogP contribution in [0.2, 0.25) is 10.0 Å². The number of anilines is 2. The molecule has 18 heteroatoms. The molecule has 14 nitrogen and oxygen atoms in total. The van der Waals surface area contributed by atoms with Gasteiger partial charge in [-0.05, 0) is 107 Å². The molecule has 1 atom stereocenters. The zero-order valence-corrected chi connectivity index (χ0v) is 44.7. The average Bonchev–Trinajstić information content (AvgIpc) is 3.83. The minimum Gasteiger partial charge on any atom is -0.508 e. The summed E-state index contributed by atoms with van der Waals surface area (Å²) >= 11 is 14.9. The lowest BCUT2D eigenvalue weighted by Crippen LogP contribution is -2.50. The number of rotatable bonds is 15. The first-order valence-corrected chi connectivity index (χ1v) is 26.5. The van der Waals surface area contributed by atoms with Crippen LogP contribution in [0.4, 0.5) is 21.0 Å². The zero-order valence-electron chi connectivity index (χ0n) is 42.4. The van der Waals surface area contributed by atoms with Gasteiger partial charge in [0.1, 0.15) is 39.6 Å². The van der Waals surface area contributed by atoms with Crippen molar-refractivity contribution >= 4 is 85.7 Å². The molecule has 1 saturated heterocycles. The fourth-order valence-electron chi connectivity index (χ4n) is 9.65. The van der Waals surface area contributed by atoms with E-state index in [1.807, 2.05) is 93.1 Å². The van der Waals surface area contributed by atoms with Crippen molar-refractivity contribution in [2.24, 2.45) is 4.99 Å². The molecule has 5 heterocycles. The van der Waals surface area contributed by atoms with Crippen LogP contribution in [0.5, 0.6) is 5.75 Å². The van der Waals surface area contributed by atoms with Crippen LogP contribution < -0.4 is 15.1 Å². The molecule has 2 N–H and O–H groups in total. The number of carbonyl (C=O) groups is 2. The van der Waals surface area contributed by atoms with Gasteiger partial charge in [-0.2, -0.15) is 4.98 Å². The summed E-state index contributed by atoms with van der Waals surface area (Å²) in [6.45, 7) is 14.5. The molecule has 4 aromatic carbocycles. The molecule has 382 valence electrons. The van der Waals surface area contributed by atoms with E-state index in [9.17, 15) is 14.7 Å². The summed E-state index contributed by atoms with van der Waals surface area (Å²) in [5.74, 6) is 1.59. The number of fused-ring (bicyclic) bond motifs is 5. The quantitative estimate of drug-likeness (QED) is 0.0949. The molecule has 1 fully saturated rings. The summed E-state index contributed by atoms with van der Waals surface area (Å²) < 4.78 is 24.9. The van der Waals surface area contributed by atoms with E-state index in [2.05, 4.69) is 33.9 Å². The van der Waals surface area contributed by atoms with Gasteiger partial charge in [0.2, 0.25) is 11.9 Å². The maximum atomic E-state index is 17.2. The molecule has 3 aromatic heterocycles. The van der Waals surface area contributed by atoms with Crippen molar-refractivity contribution in [3.05, 3.63) is 116 Å². The van der Waals surface area contributed by atoms with Gasteiger partial charge in [0.05, 0.1) is 17.2 Å². The van der Waals surface area contributed by atoms with Gasteiger partial charge in [-0.3, -0.25) is 14.4 Å². The largest absolute Gasteiger partial charge is 0.508 e. The third-order valence-electron chi connectivity index (χ3n) is 13.5. The molecule has 0 radical (unpaired) electrons. The third-order valence-corrected chi connectivity index (χ3v) is 15.3. The summed E-state index contributed by atoms with van der Waals surface area (Å²) in [5.41, 5.74) is 4.01. The highest BCUT2D eigenvalue weighted by Crippen LogP contribution is 2.43. The number of carbonyl (C=O) groups excluding carboxylic acids is 2. The number of phenols is 1. The lowest BCUT2D eigenvalue weighted by atomic mass is 9.96. The predicted octanol–water partition coefficient (Wildman–Crippen LogP) is 12.1. The Labute approximate surface area is 439 Å². The Bertz CT molecular complexity index is 3240. The number of hydrogen-bond acceptors (Lipinski definition) is 12. The lowest BCUT2D eigenvalue weighted by molar-refractivity contribution is -0.121. The third kappa shape index (κ3) is 11.1. The normalized spacial score (nSPS) is 14.8. The van der Waals surface area contributed by atoms with Crippen LogP contribution in [0.25, 0.3) is 37.8 Å². The minimum absolute atomic E-state index is 0.00513. The van der Waals surface area contributed by atoms with Gasteiger partial charge in [0.25, 0.3) is 0 Å². The molecule has 0 aliphatic carbocycles. The summed E-state index contributed by atoms with van der Waals surface area (Å²) in [4.78, 5) is 48.5. The van der Waals surface area contributed by atoms with Crippen molar-refractivity contribution in [2.45, 2.75) is 98.1 Å². The number of thiophene rings is 1. The second-order valence-corrected chi connectivity index (χ2v) is 22.0. The molecule has 0 spiro atoms. The second-order valence-electron chi connectivity index (χ2n) is 20.0. The first-order valence-electron chi connectivity index (χ1n) is 24.9. The van der Waals surface area contributed by atoms with Crippen LogP contribution in [0.1, 0.15) is 105 Å². The molecule has 0 saturated carbocycles. The topological polar surface area (TPSA) is 154 Å². The van der Waals surface area contributed by atoms with E-state index in [4.69, 9.17) is 42.9 Å². The second kappa shape index (κ2) is 21.6. The van der Waals surface area contributed by atoms with E-state index in [1.54, 1.807) is 28.4 Å². The molecule has 2 aliphatic heterocycles. The number of phenolic OH excluding ortho intramolecular Hbond substituents is 1. The van der Waals surface area contributed by atoms with Crippen LogP contribution in [0.15, 0.2) is 71.7 Å². The van der Waals surface area contributed by atoms with Crippen molar-refractivity contribution in [3.8, 4) is 21.9 Å². The van der Waals surface area contributed by atoms with Crippen LogP contribution in [0, 0.1) is 26.6 Å². The molecular formula is C55H61Cl2FN10O4S. The van der Waals surface area contributed by atoms with Gasteiger partial charge < -0.3 is 29.9 Å². The zero-order chi connectivity index (χ0) is 51.7. The maximum absolute atomic E-state index is 17.2. The molecule has 73 heavy (non-hydrogen) atoms. The number of benzene rings is 4. The van der Waals surface area contributed by atoms with Gasteiger partial charge in [-0.1, -0.05) is 85.3 Å². The van der Waals surface area contributed by atoms with Crippen LogP contribution >= 0.6 is 34.5 Å². The van der Waals surface area contributed by atoms with Crippen molar-refractivity contribution in [2.75, 3.05) is 56.1 Å². The SMILES string of the molecule is Cc1sc2c(c1C)C(c1ccc(Cl)cc1)=NC(CC(=O)NCCCCCCCCN(C)c1nc(N3CCN(C(=O)OC(C)(C)C)CC3)c3cc(Cl)c(-c4cc(O)cc5ccccc45)c(F)c3n1)c1nnc(C)n1-2. The summed E-state index contributed by atoms with van der Waals surface area (Å²) in [7, 11) is 1.91. The maximum Gasteiger partial charge on any atom is 0.410 e. The first kappa shape index (κ1) is 51.5. The van der Waals surface area contributed by atoms with E-state index in [0.717, 1.165) is 82.5 Å². The monoisotopic (exact) mass is 1050 g/mol. The van der Waals surface area contributed by atoms with E-state index in [1.165, 1.54) is 10.9 Å². The van der Waals surface area contributed by atoms with Gasteiger partial charge in [0, 0.05) is 78.3 Å². The smallest absolute Gasteiger partial charge is 0.410 e. The number of piperazine rings is 1. The highest BCUT2D eigenvalue weighted by molar-refractivity contribution is 7.15. The number of unbranched alkanes of at least 4 members (excludes halogenated alkanes) is 5. The number of amides is 2. The Balaban J connectivity index is 0.826. The average molecular weight is 1050 g/mol. The van der Waals surface area contributed by atoms with Gasteiger partial charge in [0.15, 0.2) is 11.6 Å². The number of halogens is 3. The Morgan fingerprint density at radius 2 is 1.60 bits per heavy atom. The Kier molecular flexibility index (Phi) is 15.3. The van der Waals surface area contributed by atoms with Crippen LogP contribution in [0.3, 0.4) is 0 Å². The molecule has 9 rings (SSSR count). The van der Waals surface area contributed by atoms with Gasteiger partial charge >= 0.3 is 6.09 Å².